The molecular weight excluding hydrogens is 451 g/mol. The maximum atomic E-state index is 13.0. The average Bonchev–Trinajstić information content (AvgIpc) is 2.96. The van der Waals surface area contributed by atoms with Crippen LogP contribution in [0.1, 0.15) is 32.3 Å². The van der Waals surface area contributed by atoms with Crippen LogP contribution in [0.4, 0.5) is 0 Å². The molecule has 2 atom stereocenters. The Balaban J connectivity index is 2.33. The van der Waals surface area contributed by atoms with Crippen molar-refractivity contribution in [3.8, 4) is 0 Å². The second-order valence-electron chi connectivity index (χ2n) is 6.49. The summed E-state index contributed by atoms with van der Waals surface area (Å²) in [7, 11) is 0. The van der Waals surface area contributed by atoms with Crippen LogP contribution < -0.4 is 5.73 Å². The van der Waals surface area contributed by atoms with Gasteiger partial charge < -0.3 is 15.2 Å². The Morgan fingerprint density at radius 2 is 1.73 bits per heavy atom. The highest BCUT2D eigenvalue weighted by Crippen LogP contribution is 2.50. The molecule has 2 aliphatic rings. The Hall–Kier alpha value is -2.16. The third kappa shape index (κ3) is 3.79. The van der Waals surface area contributed by atoms with E-state index in [9.17, 15) is 14.4 Å². The molecule has 1 fully saturated rings. The van der Waals surface area contributed by atoms with Crippen LogP contribution in [0.5, 0.6) is 0 Å². The number of halogens is 2. The lowest BCUT2D eigenvalue weighted by atomic mass is 9.82. The molecule has 0 aromatic heterocycles. The van der Waals surface area contributed by atoms with Crippen molar-refractivity contribution in [1.82, 2.24) is 4.90 Å². The molecule has 1 aromatic carbocycles. The molecule has 0 spiro atoms. The predicted molar refractivity (Wildman–Crippen MR) is 115 cm³/mol. The van der Waals surface area contributed by atoms with Crippen LogP contribution >= 0.6 is 35.0 Å². The minimum atomic E-state index is -0.982. The zero-order chi connectivity index (χ0) is 22.2. The summed E-state index contributed by atoms with van der Waals surface area (Å²) in [6.45, 7) is 5.21. The number of rotatable bonds is 5. The van der Waals surface area contributed by atoms with Gasteiger partial charge in [0.25, 0.3) is 0 Å². The number of benzene rings is 1. The van der Waals surface area contributed by atoms with Crippen molar-refractivity contribution in [3.63, 3.8) is 0 Å². The first-order valence-corrected chi connectivity index (χ1v) is 10.9. The largest absolute Gasteiger partial charge is 0.463 e. The first kappa shape index (κ1) is 22.5. The quantitative estimate of drug-likeness (QED) is 0.656. The van der Waals surface area contributed by atoms with Gasteiger partial charge in [0, 0.05) is 10.0 Å². The molecule has 3 rings (SSSR count). The number of nitrogens with zero attached hydrogens (tertiary/aromatic N) is 1. The summed E-state index contributed by atoms with van der Waals surface area (Å²) in [5.74, 6) is -2.82. The summed E-state index contributed by atoms with van der Waals surface area (Å²) in [6.07, 6.45) is 0. The van der Waals surface area contributed by atoms with Crippen LogP contribution in [-0.4, -0.2) is 41.2 Å². The maximum absolute atomic E-state index is 13.0. The molecular formula is C20H20Cl2N2O5S. The fraction of sp³-hybridized carbons (Fsp3) is 0.350. The number of esters is 2. The molecule has 10 heteroatoms. The zero-order valence-corrected chi connectivity index (χ0v) is 18.9. The number of thioether (sulfide) groups is 1. The third-order valence-corrected chi connectivity index (χ3v) is 6.39. The highest BCUT2D eigenvalue weighted by Gasteiger charge is 2.49. The molecule has 0 bridgehead atoms. The lowest BCUT2D eigenvalue weighted by Gasteiger charge is -2.33. The summed E-state index contributed by atoms with van der Waals surface area (Å²) in [5, 5.41) is 0.457. The SMILES string of the molecule is CCOC(=O)C1=C(N)N2C(=O)C(C)SC2=C(C(=O)OCC)C1c1ccc(Cl)cc1Cl. The van der Waals surface area contributed by atoms with Gasteiger partial charge in [-0.3, -0.25) is 9.69 Å². The van der Waals surface area contributed by atoms with E-state index in [1.165, 1.54) is 22.7 Å². The van der Waals surface area contributed by atoms with Crippen LogP contribution in [0, 0.1) is 0 Å². The number of hydrogen-bond donors (Lipinski definition) is 1. The fourth-order valence-electron chi connectivity index (χ4n) is 3.39. The maximum Gasteiger partial charge on any atom is 0.338 e. The van der Waals surface area contributed by atoms with Gasteiger partial charge in [0.1, 0.15) is 5.82 Å². The number of ether oxygens (including phenoxy) is 2. The minimum Gasteiger partial charge on any atom is -0.463 e. The topological polar surface area (TPSA) is 98.9 Å². The van der Waals surface area contributed by atoms with Crippen molar-refractivity contribution in [2.45, 2.75) is 31.9 Å². The van der Waals surface area contributed by atoms with Gasteiger partial charge in [-0.25, -0.2) is 9.59 Å². The van der Waals surface area contributed by atoms with Crippen LogP contribution in [0.2, 0.25) is 10.0 Å². The van der Waals surface area contributed by atoms with Gasteiger partial charge in [-0.1, -0.05) is 41.0 Å². The van der Waals surface area contributed by atoms with E-state index in [1.807, 2.05) is 0 Å². The van der Waals surface area contributed by atoms with Crippen LogP contribution in [0.25, 0.3) is 0 Å². The Bertz CT molecular complexity index is 991. The molecule has 1 amide bonds. The Labute approximate surface area is 188 Å². The molecule has 2 heterocycles. The van der Waals surface area contributed by atoms with Gasteiger partial charge in [0.2, 0.25) is 5.91 Å². The van der Waals surface area contributed by atoms with Crippen LogP contribution in [-0.2, 0) is 23.9 Å². The first-order chi connectivity index (χ1) is 14.2. The van der Waals surface area contributed by atoms with Crippen molar-refractivity contribution in [2.75, 3.05) is 13.2 Å². The summed E-state index contributed by atoms with van der Waals surface area (Å²) in [4.78, 5) is 39.9. The molecule has 30 heavy (non-hydrogen) atoms. The highest BCUT2D eigenvalue weighted by atomic mass is 35.5. The van der Waals surface area contributed by atoms with Crippen LogP contribution in [0.15, 0.2) is 40.2 Å². The summed E-state index contributed by atoms with van der Waals surface area (Å²) >= 11 is 13.7. The molecule has 7 nitrogen and oxygen atoms in total. The molecule has 1 saturated heterocycles. The van der Waals surface area contributed by atoms with Crippen molar-refractivity contribution in [3.05, 3.63) is 55.8 Å². The first-order valence-electron chi connectivity index (χ1n) is 9.26. The molecule has 160 valence electrons. The summed E-state index contributed by atoms with van der Waals surface area (Å²) in [6, 6.07) is 4.71. The van der Waals surface area contributed by atoms with E-state index in [1.54, 1.807) is 32.9 Å². The lowest BCUT2D eigenvalue weighted by Crippen LogP contribution is -2.40. The van der Waals surface area contributed by atoms with Gasteiger partial charge in [-0.05, 0) is 38.5 Å². The highest BCUT2D eigenvalue weighted by molar-refractivity contribution is 8.04. The molecule has 0 radical (unpaired) electrons. The van der Waals surface area contributed by atoms with Gasteiger partial charge in [-0.15, -0.1) is 0 Å². The number of amides is 1. The van der Waals surface area contributed by atoms with Gasteiger partial charge in [0.15, 0.2) is 0 Å². The van der Waals surface area contributed by atoms with E-state index in [2.05, 4.69) is 0 Å². The number of carbonyl (C=O) groups excluding carboxylic acids is 3. The van der Waals surface area contributed by atoms with Crippen molar-refractivity contribution < 1.29 is 23.9 Å². The predicted octanol–water partition coefficient (Wildman–Crippen LogP) is 3.56. The normalized spacial score (nSPS) is 21.1. The summed E-state index contributed by atoms with van der Waals surface area (Å²) in [5.41, 5.74) is 6.80. The number of carbonyl (C=O) groups is 3. The molecule has 1 aromatic rings. The second-order valence-corrected chi connectivity index (χ2v) is 8.66. The number of hydrogen-bond acceptors (Lipinski definition) is 7. The molecule has 2 N–H and O–H groups in total. The van der Waals surface area contributed by atoms with Crippen molar-refractivity contribution in [1.29, 1.82) is 0 Å². The van der Waals surface area contributed by atoms with E-state index in [4.69, 9.17) is 38.4 Å². The van der Waals surface area contributed by atoms with E-state index in [0.29, 0.717) is 15.6 Å². The fourth-order valence-corrected chi connectivity index (χ4v) is 5.07. The van der Waals surface area contributed by atoms with E-state index >= 15 is 0 Å². The van der Waals surface area contributed by atoms with Crippen molar-refractivity contribution in [2.24, 2.45) is 5.73 Å². The average molecular weight is 471 g/mol. The molecule has 2 aliphatic heterocycles. The van der Waals surface area contributed by atoms with Gasteiger partial charge >= 0.3 is 11.9 Å². The van der Waals surface area contributed by atoms with Gasteiger partial charge in [-0.2, -0.15) is 0 Å². The van der Waals surface area contributed by atoms with Gasteiger partial charge in [0.05, 0.1) is 40.6 Å². The Morgan fingerprint density at radius 1 is 1.13 bits per heavy atom. The molecule has 0 saturated carbocycles. The third-order valence-electron chi connectivity index (χ3n) is 4.65. The standard InChI is InChI=1S/C20H20Cl2N2O5S/c1-4-28-19(26)14-13(11-7-6-10(21)8-12(11)22)15(20(27)29-5-2)18-24(16(14)23)17(25)9(3)30-18/h6-9,13H,4-5,23H2,1-3H3. The minimum absolute atomic E-state index is 0.0454. The smallest absolute Gasteiger partial charge is 0.338 e. The molecule has 2 unspecified atom stereocenters. The number of fused-ring (bicyclic) bond motifs is 1. The lowest BCUT2D eigenvalue weighted by molar-refractivity contribution is -0.139. The number of nitrogens with two attached hydrogens (primary N) is 1. The zero-order valence-electron chi connectivity index (χ0n) is 16.5. The second kappa shape index (κ2) is 8.91. The monoisotopic (exact) mass is 470 g/mol. The van der Waals surface area contributed by atoms with E-state index in [0.717, 1.165) is 0 Å². The van der Waals surface area contributed by atoms with E-state index < -0.39 is 23.1 Å². The summed E-state index contributed by atoms with van der Waals surface area (Å²) < 4.78 is 10.5. The Kier molecular flexibility index (Phi) is 6.69. The van der Waals surface area contributed by atoms with Crippen molar-refractivity contribution >= 4 is 52.8 Å². The van der Waals surface area contributed by atoms with E-state index in [-0.39, 0.29) is 41.1 Å². The molecule has 0 aliphatic carbocycles. The van der Waals surface area contributed by atoms with Crippen LogP contribution in [0.3, 0.4) is 0 Å². The Morgan fingerprint density at radius 3 is 2.30 bits per heavy atom.